The lowest BCUT2D eigenvalue weighted by atomic mass is 10.1. The van der Waals surface area contributed by atoms with Crippen molar-refractivity contribution in [3.8, 4) is 22.8 Å². The molecule has 124 valence electrons. The van der Waals surface area contributed by atoms with Gasteiger partial charge >= 0.3 is 5.69 Å². The van der Waals surface area contributed by atoms with Gasteiger partial charge in [0, 0.05) is 5.69 Å². The molecule has 0 aromatic heterocycles. The molecule has 0 atom stereocenters. The molecule has 2 heterocycles. The lowest BCUT2D eigenvalue weighted by Crippen LogP contribution is -2.27. The summed E-state index contributed by atoms with van der Waals surface area (Å²) in [5.74, 6) is 1.09. The maximum Gasteiger partial charge on any atom is 0.349 e. The van der Waals surface area contributed by atoms with Crippen LogP contribution in [0.3, 0.4) is 0 Å². The minimum atomic E-state index is -0.660. The third kappa shape index (κ3) is 2.57. The molecule has 0 amide bonds. The van der Waals surface area contributed by atoms with Crippen molar-refractivity contribution < 1.29 is 4.74 Å². The van der Waals surface area contributed by atoms with Crippen molar-refractivity contribution in [3.05, 3.63) is 75.4 Å². The first-order chi connectivity index (χ1) is 12.2. The molecule has 1 N–H and O–H groups in total. The largest absolute Gasteiger partial charge is 0.494 e. The zero-order valence-electron chi connectivity index (χ0n) is 13.5. The van der Waals surface area contributed by atoms with E-state index in [2.05, 4.69) is 9.97 Å². The Morgan fingerprint density at radius 1 is 1.08 bits per heavy atom. The van der Waals surface area contributed by atoms with Gasteiger partial charge in [0.25, 0.3) is 5.56 Å². The van der Waals surface area contributed by atoms with E-state index in [-0.39, 0.29) is 0 Å². The van der Waals surface area contributed by atoms with Crippen molar-refractivity contribution in [2.45, 2.75) is 6.92 Å². The van der Waals surface area contributed by atoms with E-state index in [1.807, 2.05) is 60.0 Å². The fourth-order valence-corrected chi connectivity index (χ4v) is 2.95. The number of para-hydroxylation sites is 1. The molecule has 0 fully saturated rings. The summed E-state index contributed by atoms with van der Waals surface area (Å²) in [6.07, 6.45) is 0. The Hall–Kier alpha value is -3.41. The van der Waals surface area contributed by atoms with Crippen molar-refractivity contribution in [1.82, 2.24) is 14.5 Å². The van der Waals surface area contributed by atoms with E-state index in [4.69, 9.17) is 4.74 Å². The second-order valence-corrected chi connectivity index (χ2v) is 5.57. The molecule has 0 radical (unpaired) electrons. The normalized spacial score (nSPS) is 11.1. The summed E-state index contributed by atoms with van der Waals surface area (Å²) < 4.78 is 7.30. The van der Waals surface area contributed by atoms with Crippen LogP contribution < -0.4 is 16.0 Å². The van der Waals surface area contributed by atoms with Gasteiger partial charge in [-0.1, -0.05) is 18.2 Å². The molecule has 6 nitrogen and oxygen atoms in total. The maximum atomic E-state index is 12.2. The van der Waals surface area contributed by atoms with Crippen molar-refractivity contribution in [1.29, 1.82) is 0 Å². The minimum absolute atomic E-state index is 0.330. The van der Waals surface area contributed by atoms with Crippen LogP contribution in [0.4, 0.5) is 0 Å². The van der Waals surface area contributed by atoms with Gasteiger partial charge in [-0.2, -0.15) is 4.98 Å². The Labute approximate surface area is 142 Å². The number of pyridine rings is 1. The molecule has 4 rings (SSSR count). The van der Waals surface area contributed by atoms with Gasteiger partial charge in [-0.15, -0.1) is 0 Å². The van der Waals surface area contributed by atoms with Gasteiger partial charge < -0.3 is 4.74 Å². The van der Waals surface area contributed by atoms with E-state index in [1.54, 1.807) is 6.07 Å². The lowest BCUT2D eigenvalue weighted by molar-refractivity contribution is 0.340. The number of nitrogens with one attached hydrogen (secondary N) is 1. The number of fused-ring (bicyclic) bond motifs is 2. The van der Waals surface area contributed by atoms with Crippen LogP contribution in [0, 0.1) is 0 Å². The van der Waals surface area contributed by atoms with Crippen LogP contribution in [-0.4, -0.2) is 21.1 Å². The average molecular weight is 333 g/mol. The summed E-state index contributed by atoms with van der Waals surface area (Å²) in [6, 6.07) is 16.9. The summed E-state index contributed by atoms with van der Waals surface area (Å²) in [4.78, 5) is 30.3. The van der Waals surface area contributed by atoms with Gasteiger partial charge in [-0.25, -0.2) is 4.79 Å². The molecule has 0 unspecified atom stereocenters. The number of benzene rings is 2. The quantitative estimate of drug-likeness (QED) is 0.585. The van der Waals surface area contributed by atoms with E-state index >= 15 is 0 Å². The highest BCUT2D eigenvalue weighted by atomic mass is 16.5. The zero-order chi connectivity index (χ0) is 17.4. The molecule has 6 heteroatoms. The number of rotatable bonds is 3. The Bertz CT molecular complexity index is 1140. The molecule has 0 saturated heterocycles. The van der Waals surface area contributed by atoms with Crippen LogP contribution in [-0.2, 0) is 0 Å². The van der Waals surface area contributed by atoms with Gasteiger partial charge in [0.1, 0.15) is 5.75 Å². The molecule has 0 saturated carbocycles. The number of hydrogen-bond donors (Lipinski definition) is 1. The zero-order valence-corrected chi connectivity index (χ0v) is 13.5. The Morgan fingerprint density at radius 2 is 1.84 bits per heavy atom. The van der Waals surface area contributed by atoms with Crippen LogP contribution in [0.1, 0.15) is 6.92 Å². The van der Waals surface area contributed by atoms with Crippen LogP contribution in [0.2, 0.25) is 0 Å². The number of nitrogens with zero attached hydrogens (tertiary/aromatic N) is 2. The van der Waals surface area contributed by atoms with Crippen LogP contribution >= 0.6 is 0 Å². The van der Waals surface area contributed by atoms with Gasteiger partial charge in [0.05, 0.1) is 17.7 Å². The topological polar surface area (TPSA) is 77.0 Å². The molecule has 25 heavy (non-hydrogen) atoms. The molecule has 2 aromatic carbocycles. The van der Waals surface area contributed by atoms with E-state index in [1.165, 1.54) is 0 Å². The summed E-state index contributed by atoms with van der Waals surface area (Å²) in [5.41, 5.74) is 0.916. The second kappa shape index (κ2) is 5.90. The first-order valence-corrected chi connectivity index (χ1v) is 7.95. The third-order valence-electron chi connectivity index (χ3n) is 4.01. The first kappa shape index (κ1) is 15.1. The van der Waals surface area contributed by atoms with Gasteiger partial charge in [-0.05, 0) is 48.7 Å². The lowest BCUT2D eigenvalue weighted by Gasteiger charge is -2.17. The standard InChI is InChI=1S/C19H15N3O3/c1-2-25-14-9-7-13(8-10-14)22-16-6-4-3-5-12(16)11-15-17(22)20-19(24)21-18(15)23/h3-11H,2H2,1H3,(H,21,23,24). The Kier molecular flexibility index (Phi) is 3.57. The molecular weight excluding hydrogens is 318 g/mol. The molecule has 0 bridgehead atoms. The van der Waals surface area contributed by atoms with Crippen molar-refractivity contribution in [3.63, 3.8) is 0 Å². The molecule has 0 spiro atoms. The Morgan fingerprint density at radius 3 is 2.60 bits per heavy atom. The SMILES string of the molecule is CCOc1ccc(-n2c3nc(=O)[nH]c(=O)c-3cc3ccccc32)cc1. The summed E-state index contributed by atoms with van der Waals surface area (Å²) in [7, 11) is 0. The monoisotopic (exact) mass is 333 g/mol. The van der Waals surface area contributed by atoms with Gasteiger partial charge in [-0.3, -0.25) is 14.3 Å². The molecule has 0 aliphatic carbocycles. The maximum absolute atomic E-state index is 12.2. The highest BCUT2D eigenvalue weighted by Gasteiger charge is 2.17. The number of aromatic nitrogens is 3. The highest BCUT2D eigenvalue weighted by molar-refractivity contribution is 5.87. The molecule has 2 aliphatic heterocycles. The van der Waals surface area contributed by atoms with Crippen molar-refractivity contribution >= 4 is 10.9 Å². The summed E-state index contributed by atoms with van der Waals surface area (Å²) in [6.45, 7) is 2.51. The summed E-state index contributed by atoms with van der Waals surface area (Å²) in [5, 5.41) is 0.884. The van der Waals surface area contributed by atoms with Crippen molar-refractivity contribution in [2.24, 2.45) is 0 Å². The number of aromatic amines is 1. The van der Waals surface area contributed by atoms with Gasteiger partial charge in [0.2, 0.25) is 0 Å². The van der Waals surface area contributed by atoms with Gasteiger partial charge in [0.15, 0.2) is 5.82 Å². The fourth-order valence-electron chi connectivity index (χ4n) is 2.95. The van der Waals surface area contributed by atoms with Crippen LogP contribution in [0.15, 0.2) is 64.2 Å². The van der Waals surface area contributed by atoms with Crippen LogP contribution in [0.25, 0.3) is 28.0 Å². The predicted molar refractivity (Wildman–Crippen MR) is 95.8 cm³/mol. The van der Waals surface area contributed by atoms with E-state index in [0.717, 1.165) is 22.3 Å². The summed E-state index contributed by atoms with van der Waals surface area (Å²) >= 11 is 0. The number of hydrogen-bond acceptors (Lipinski definition) is 4. The fraction of sp³-hybridized carbons (Fsp3) is 0.105. The second-order valence-electron chi connectivity index (χ2n) is 5.57. The molecule has 2 aliphatic rings. The van der Waals surface area contributed by atoms with E-state index in [0.29, 0.717) is 18.0 Å². The molecule has 2 aromatic rings. The first-order valence-electron chi connectivity index (χ1n) is 7.95. The highest BCUT2D eigenvalue weighted by Crippen LogP contribution is 2.28. The third-order valence-corrected chi connectivity index (χ3v) is 4.01. The minimum Gasteiger partial charge on any atom is -0.494 e. The van der Waals surface area contributed by atoms with Crippen LogP contribution in [0.5, 0.6) is 5.75 Å². The van der Waals surface area contributed by atoms with E-state index in [9.17, 15) is 9.59 Å². The number of H-pyrrole nitrogens is 1. The smallest absolute Gasteiger partial charge is 0.349 e. The van der Waals surface area contributed by atoms with E-state index < -0.39 is 11.2 Å². The number of ether oxygens (including phenoxy) is 1. The predicted octanol–water partition coefficient (Wildman–Crippen LogP) is 2.58. The average Bonchev–Trinajstić information content (AvgIpc) is 2.61. The molecular formula is C19H15N3O3. The van der Waals surface area contributed by atoms with Crippen molar-refractivity contribution in [2.75, 3.05) is 6.61 Å². The Balaban J connectivity index is 2.08.